The van der Waals surface area contributed by atoms with Gasteiger partial charge in [0.1, 0.15) is 6.04 Å². The predicted octanol–water partition coefficient (Wildman–Crippen LogP) is 1.20. The smallest absolute Gasteiger partial charge is 0.305 e. The molecule has 0 saturated heterocycles. The van der Waals surface area contributed by atoms with E-state index in [4.69, 9.17) is 5.11 Å². The first kappa shape index (κ1) is 10.5. The zero-order valence-corrected chi connectivity index (χ0v) is 8.78. The maximum atomic E-state index is 11.6. The highest BCUT2D eigenvalue weighted by Crippen LogP contribution is 2.28. The fraction of sp³-hybridized carbons (Fsp3) is 0.273. The van der Waals surface area contributed by atoms with Gasteiger partial charge in [-0.15, -0.1) is 0 Å². The summed E-state index contributed by atoms with van der Waals surface area (Å²) < 4.78 is 0. The molecule has 5 heteroatoms. The van der Waals surface area contributed by atoms with Gasteiger partial charge in [0.15, 0.2) is 0 Å². The van der Waals surface area contributed by atoms with E-state index in [0.717, 1.165) is 11.3 Å². The van der Waals surface area contributed by atoms with Crippen LogP contribution in [0.4, 0.5) is 11.4 Å². The first-order valence-corrected chi connectivity index (χ1v) is 4.96. The number of rotatable bonds is 2. The highest BCUT2D eigenvalue weighted by Gasteiger charge is 2.27. The third-order valence-electron chi connectivity index (χ3n) is 2.46. The van der Waals surface area contributed by atoms with E-state index in [1.165, 1.54) is 0 Å². The second-order valence-corrected chi connectivity index (χ2v) is 3.83. The number of hydrogen-bond donors (Lipinski definition) is 3. The molecule has 0 spiro atoms. The van der Waals surface area contributed by atoms with Gasteiger partial charge in [-0.2, -0.15) is 0 Å². The monoisotopic (exact) mass is 220 g/mol. The topological polar surface area (TPSA) is 78.4 Å². The van der Waals surface area contributed by atoms with Gasteiger partial charge in [0.25, 0.3) is 0 Å². The lowest BCUT2D eigenvalue weighted by atomic mass is 10.1. The summed E-state index contributed by atoms with van der Waals surface area (Å²) >= 11 is 0. The first-order valence-electron chi connectivity index (χ1n) is 4.96. The van der Waals surface area contributed by atoms with Crippen LogP contribution in [0.5, 0.6) is 0 Å². The number of anilines is 2. The number of carbonyl (C=O) groups excluding carboxylic acids is 1. The lowest BCUT2D eigenvalue weighted by Crippen LogP contribution is -2.40. The third kappa shape index (κ3) is 1.98. The highest BCUT2D eigenvalue weighted by molar-refractivity contribution is 6.04. The van der Waals surface area contributed by atoms with Crippen LogP contribution < -0.4 is 10.6 Å². The first-order chi connectivity index (χ1) is 7.56. The minimum Gasteiger partial charge on any atom is -0.481 e. The van der Waals surface area contributed by atoms with Gasteiger partial charge in [-0.25, -0.2) is 0 Å². The van der Waals surface area contributed by atoms with E-state index in [-0.39, 0.29) is 12.3 Å². The molecule has 1 heterocycles. The minimum absolute atomic E-state index is 0.223. The molecule has 16 heavy (non-hydrogen) atoms. The van der Waals surface area contributed by atoms with Gasteiger partial charge in [0.2, 0.25) is 5.91 Å². The second kappa shape index (κ2) is 3.84. The van der Waals surface area contributed by atoms with E-state index in [0.29, 0.717) is 5.69 Å². The predicted molar refractivity (Wildman–Crippen MR) is 59.5 cm³/mol. The van der Waals surface area contributed by atoms with Gasteiger partial charge in [0.05, 0.1) is 17.8 Å². The summed E-state index contributed by atoms with van der Waals surface area (Å²) in [5, 5.41) is 14.3. The Morgan fingerprint density at radius 1 is 1.44 bits per heavy atom. The molecule has 0 radical (unpaired) electrons. The normalized spacial score (nSPS) is 18.3. The molecule has 84 valence electrons. The Hall–Kier alpha value is -2.04. The van der Waals surface area contributed by atoms with E-state index in [1.807, 2.05) is 25.1 Å². The molecule has 0 aromatic heterocycles. The third-order valence-corrected chi connectivity index (χ3v) is 2.46. The molecule has 1 amide bonds. The van der Waals surface area contributed by atoms with Crippen molar-refractivity contribution < 1.29 is 14.7 Å². The van der Waals surface area contributed by atoms with Crippen LogP contribution in [-0.4, -0.2) is 23.0 Å². The molecule has 1 aromatic carbocycles. The van der Waals surface area contributed by atoms with Gasteiger partial charge in [-0.1, -0.05) is 6.07 Å². The Morgan fingerprint density at radius 2 is 2.19 bits per heavy atom. The van der Waals surface area contributed by atoms with E-state index in [2.05, 4.69) is 10.6 Å². The summed E-state index contributed by atoms with van der Waals surface area (Å²) in [7, 11) is 0. The van der Waals surface area contributed by atoms with Crippen LogP contribution in [0, 0.1) is 6.92 Å². The van der Waals surface area contributed by atoms with Crippen molar-refractivity contribution in [1.82, 2.24) is 0 Å². The fourth-order valence-corrected chi connectivity index (χ4v) is 1.68. The molecule has 1 aliphatic heterocycles. The van der Waals surface area contributed by atoms with Crippen LogP contribution in [0.15, 0.2) is 18.2 Å². The molecule has 2 rings (SSSR count). The molecule has 1 atom stereocenters. The minimum atomic E-state index is -0.997. The van der Waals surface area contributed by atoms with Gasteiger partial charge in [-0.05, 0) is 24.6 Å². The van der Waals surface area contributed by atoms with Crippen LogP contribution >= 0.6 is 0 Å². The Morgan fingerprint density at radius 3 is 2.88 bits per heavy atom. The van der Waals surface area contributed by atoms with Gasteiger partial charge >= 0.3 is 5.97 Å². The second-order valence-electron chi connectivity index (χ2n) is 3.83. The van der Waals surface area contributed by atoms with Gasteiger partial charge in [-0.3, -0.25) is 9.59 Å². The number of aryl methyl sites for hydroxylation is 1. The summed E-state index contributed by atoms with van der Waals surface area (Å²) in [5.41, 5.74) is 2.50. The number of nitrogens with one attached hydrogen (secondary N) is 2. The van der Waals surface area contributed by atoms with Crippen molar-refractivity contribution in [2.45, 2.75) is 19.4 Å². The van der Waals surface area contributed by atoms with Crippen LogP contribution in [-0.2, 0) is 9.59 Å². The van der Waals surface area contributed by atoms with Crippen molar-refractivity contribution in [3.8, 4) is 0 Å². The van der Waals surface area contributed by atoms with Crippen molar-refractivity contribution in [1.29, 1.82) is 0 Å². The Bertz CT molecular complexity index is 457. The Labute approximate surface area is 92.5 Å². The van der Waals surface area contributed by atoms with Crippen LogP contribution in [0.1, 0.15) is 12.0 Å². The van der Waals surface area contributed by atoms with E-state index >= 15 is 0 Å². The SMILES string of the molecule is Cc1ccc2c(c1)NC(=O)C(CC(=O)O)N2. The number of aliphatic carboxylic acids is 1. The fourth-order valence-electron chi connectivity index (χ4n) is 1.68. The van der Waals surface area contributed by atoms with Crippen molar-refractivity contribution in [2.75, 3.05) is 10.6 Å². The van der Waals surface area contributed by atoms with Crippen molar-refractivity contribution >= 4 is 23.3 Å². The van der Waals surface area contributed by atoms with Crippen molar-refractivity contribution in [2.24, 2.45) is 0 Å². The molecular weight excluding hydrogens is 208 g/mol. The molecular formula is C11H12N2O3. The van der Waals surface area contributed by atoms with E-state index < -0.39 is 12.0 Å². The molecule has 0 saturated carbocycles. The van der Waals surface area contributed by atoms with Crippen LogP contribution in [0.25, 0.3) is 0 Å². The number of carbonyl (C=O) groups is 2. The lowest BCUT2D eigenvalue weighted by Gasteiger charge is -2.26. The van der Waals surface area contributed by atoms with Gasteiger partial charge in [0, 0.05) is 0 Å². The zero-order chi connectivity index (χ0) is 11.7. The largest absolute Gasteiger partial charge is 0.481 e. The summed E-state index contributed by atoms with van der Waals surface area (Å²) in [4.78, 5) is 22.1. The molecule has 3 N–H and O–H groups in total. The average Bonchev–Trinajstić information content (AvgIpc) is 2.19. The molecule has 0 fully saturated rings. The molecule has 1 unspecified atom stereocenters. The van der Waals surface area contributed by atoms with Crippen LogP contribution in [0.3, 0.4) is 0 Å². The number of carboxylic acid groups (broad SMARTS) is 1. The Kier molecular flexibility index (Phi) is 2.52. The van der Waals surface area contributed by atoms with Crippen molar-refractivity contribution in [3.63, 3.8) is 0 Å². The molecule has 5 nitrogen and oxygen atoms in total. The van der Waals surface area contributed by atoms with Gasteiger partial charge < -0.3 is 15.7 Å². The highest BCUT2D eigenvalue weighted by atomic mass is 16.4. The maximum absolute atomic E-state index is 11.6. The van der Waals surface area contributed by atoms with E-state index in [9.17, 15) is 9.59 Å². The number of fused-ring (bicyclic) bond motifs is 1. The zero-order valence-electron chi connectivity index (χ0n) is 8.78. The number of amides is 1. The number of benzene rings is 1. The summed E-state index contributed by atoms with van der Waals surface area (Å²) in [5.74, 6) is -1.30. The summed E-state index contributed by atoms with van der Waals surface area (Å²) in [6.07, 6.45) is -0.223. The van der Waals surface area contributed by atoms with Crippen molar-refractivity contribution in [3.05, 3.63) is 23.8 Å². The number of hydrogen-bond acceptors (Lipinski definition) is 3. The molecule has 1 aromatic rings. The summed E-state index contributed by atoms with van der Waals surface area (Å²) in [6, 6.07) is 4.88. The molecule has 1 aliphatic rings. The summed E-state index contributed by atoms with van der Waals surface area (Å²) in [6.45, 7) is 1.93. The Balaban J connectivity index is 2.25. The van der Waals surface area contributed by atoms with E-state index in [1.54, 1.807) is 0 Å². The standard InChI is InChI=1S/C11H12N2O3/c1-6-2-3-7-8(4-6)13-11(16)9(12-7)5-10(14)15/h2-4,9,12H,5H2,1H3,(H,13,16)(H,14,15). The molecule has 0 bridgehead atoms. The number of carboxylic acids is 1. The van der Waals surface area contributed by atoms with Crippen LogP contribution in [0.2, 0.25) is 0 Å². The maximum Gasteiger partial charge on any atom is 0.305 e. The molecule has 0 aliphatic carbocycles. The lowest BCUT2D eigenvalue weighted by molar-refractivity contribution is -0.138. The average molecular weight is 220 g/mol. The quantitative estimate of drug-likeness (QED) is 0.699.